The summed E-state index contributed by atoms with van der Waals surface area (Å²) in [5.74, 6) is -0.619. The average Bonchev–Trinajstić information content (AvgIpc) is 3.49. The summed E-state index contributed by atoms with van der Waals surface area (Å²) < 4.78 is 28.9. The predicted molar refractivity (Wildman–Crippen MR) is 97.3 cm³/mol. The van der Waals surface area contributed by atoms with Gasteiger partial charge in [-0.05, 0) is 56.2 Å². The fourth-order valence-corrected chi connectivity index (χ4v) is 4.87. The largest absolute Gasteiger partial charge is 0.390 e. The zero-order chi connectivity index (χ0) is 19.9. The number of halogens is 2. The van der Waals surface area contributed by atoms with E-state index in [2.05, 4.69) is 5.32 Å². The first-order valence-electron chi connectivity index (χ1n) is 9.91. The molecule has 5 rings (SSSR count). The van der Waals surface area contributed by atoms with Gasteiger partial charge in [0, 0.05) is 23.6 Å². The fourth-order valence-electron chi connectivity index (χ4n) is 4.87. The number of hydrogen-bond donors (Lipinski definition) is 2. The monoisotopic (exact) mass is 390 g/mol. The minimum atomic E-state index is -1.33. The second kappa shape index (κ2) is 5.53. The lowest BCUT2D eigenvalue weighted by Gasteiger charge is -2.41. The molecule has 3 aliphatic carbocycles. The minimum absolute atomic E-state index is 0.0969. The minimum Gasteiger partial charge on any atom is -0.390 e. The van der Waals surface area contributed by atoms with Crippen LogP contribution in [0.15, 0.2) is 18.2 Å². The molecule has 2 N–H and O–H groups in total. The van der Waals surface area contributed by atoms with Crippen molar-refractivity contribution >= 4 is 11.8 Å². The maximum atomic E-state index is 14.5. The molecule has 0 radical (unpaired) electrons. The molecule has 1 heterocycles. The van der Waals surface area contributed by atoms with E-state index in [-0.39, 0.29) is 30.9 Å². The first kappa shape index (κ1) is 18.0. The van der Waals surface area contributed by atoms with Gasteiger partial charge in [0.1, 0.15) is 11.8 Å². The van der Waals surface area contributed by atoms with Crippen molar-refractivity contribution in [3.8, 4) is 0 Å². The normalized spacial score (nSPS) is 37.3. The van der Waals surface area contributed by atoms with Gasteiger partial charge < -0.3 is 15.3 Å². The molecular formula is C21H24F2N2O3. The lowest BCUT2D eigenvalue weighted by Crippen LogP contribution is -2.56. The molecule has 1 aromatic carbocycles. The summed E-state index contributed by atoms with van der Waals surface area (Å²) in [6.07, 6.45) is 1.11. The Bertz CT molecular complexity index is 874. The molecule has 1 aromatic rings. The molecule has 1 aliphatic heterocycles. The topological polar surface area (TPSA) is 69.6 Å². The summed E-state index contributed by atoms with van der Waals surface area (Å²) in [6, 6.07) is 4.79. The predicted octanol–water partition coefficient (Wildman–Crippen LogP) is 2.11. The molecule has 2 atom stereocenters. The van der Waals surface area contributed by atoms with Crippen molar-refractivity contribution in [1.29, 1.82) is 0 Å². The van der Waals surface area contributed by atoms with Gasteiger partial charge in [0.15, 0.2) is 0 Å². The van der Waals surface area contributed by atoms with Crippen LogP contribution in [0.3, 0.4) is 0 Å². The van der Waals surface area contributed by atoms with Gasteiger partial charge >= 0.3 is 0 Å². The van der Waals surface area contributed by atoms with Gasteiger partial charge in [-0.3, -0.25) is 9.59 Å². The van der Waals surface area contributed by atoms with Crippen molar-refractivity contribution in [2.45, 2.75) is 67.9 Å². The number of carbonyl (C=O) groups is 2. The van der Waals surface area contributed by atoms with Crippen LogP contribution in [0.5, 0.6) is 0 Å². The van der Waals surface area contributed by atoms with Crippen LogP contribution in [0.25, 0.3) is 0 Å². The zero-order valence-electron chi connectivity index (χ0n) is 15.8. The van der Waals surface area contributed by atoms with Gasteiger partial charge in [0.05, 0.1) is 12.1 Å². The number of aliphatic hydroxyl groups is 1. The molecule has 1 spiro atoms. The van der Waals surface area contributed by atoms with E-state index in [4.69, 9.17) is 0 Å². The highest BCUT2D eigenvalue weighted by Crippen LogP contribution is 2.57. The summed E-state index contributed by atoms with van der Waals surface area (Å²) in [5.41, 5.74) is -1.39. The molecule has 4 aliphatic rings. The highest BCUT2D eigenvalue weighted by molar-refractivity contribution is 6.00. The van der Waals surface area contributed by atoms with Crippen molar-refractivity contribution in [3.63, 3.8) is 0 Å². The van der Waals surface area contributed by atoms with Crippen molar-refractivity contribution in [2.75, 3.05) is 13.1 Å². The SMILES string of the molecule is C[C@]1(O)C[C@H](NC(=O)CN2C[C@@]3(C[C@H]3F)c3cc(C4(F)CC4)ccc3C2=O)C1. The van der Waals surface area contributed by atoms with E-state index >= 15 is 0 Å². The first-order chi connectivity index (χ1) is 13.1. The Kier molecular flexibility index (Phi) is 3.56. The van der Waals surface area contributed by atoms with Crippen molar-refractivity contribution in [1.82, 2.24) is 10.2 Å². The maximum Gasteiger partial charge on any atom is 0.254 e. The van der Waals surface area contributed by atoms with Crippen LogP contribution in [-0.2, 0) is 15.9 Å². The Balaban J connectivity index is 1.35. The number of amides is 2. The molecule has 0 aromatic heterocycles. The lowest BCUT2D eigenvalue weighted by atomic mass is 9.77. The number of carbonyl (C=O) groups excluding carboxylic acids is 2. The van der Waals surface area contributed by atoms with Gasteiger partial charge in [-0.1, -0.05) is 12.1 Å². The van der Waals surface area contributed by atoms with Gasteiger partial charge in [0.25, 0.3) is 5.91 Å². The number of benzene rings is 1. The van der Waals surface area contributed by atoms with Crippen LogP contribution in [0.1, 0.15) is 60.5 Å². The Morgan fingerprint density at radius 3 is 2.57 bits per heavy atom. The van der Waals surface area contributed by atoms with Gasteiger partial charge in [0.2, 0.25) is 5.91 Å². The van der Waals surface area contributed by atoms with E-state index < -0.39 is 22.9 Å². The quantitative estimate of drug-likeness (QED) is 0.827. The van der Waals surface area contributed by atoms with Crippen LogP contribution in [0.4, 0.5) is 8.78 Å². The van der Waals surface area contributed by atoms with Gasteiger partial charge in [-0.2, -0.15) is 0 Å². The second-order valence-electron chi connectivity index (χ2n) is 9.38. The van der Waals surface area contributed by atoms with E-state index in [1.165, 1.54) is 4.90 Å². The Morgan fingerprint density at radius 1 is 1.32 bits per heavy atom. The Morgan fingerprint density at radius 2 is 2.00 bits per heavy atom. The summed E-state index contributed by atoms with van der Waals surface area (Å²) in [6.45, 7) is 1.72. The van der Waals surface area contributed by atoms with Gasteiger partial charge in [-0.15, -0.1) is 0 Å². The molecule has 3 fully saturated rings. The average molecular weight is 390 g/mol. The van der Waals surface area contributed by atoms with Crippen molar-refractivity contribution in [3.05, 3.63) is 34.9 Å². The molecule has 0 unspecified atom stereocenters. The van der Waals surface area contributed by atoms with E-state index in [0.29, 0.717) is 48.8 Å². The Hall–Kier alpha value is -2.02. The Labute approximate surface area is 162 Å². The summed E-state index contributed by atoms with van der Waals surface area (Å²) in [4.78, 5) is 26.7. The third-order valence-electron chi connectivity index (χ3n) is 6.81. The van der Waals surface area contributed by atoms with E-state index in [1.54, 1.807) is 25.1 Å². The van der Waals surface area contributed by atoms with Crippen LogP contribution >= 0.6 is 0 Å². The van der Waals surface area contributed by atoms with Crippen LogP contribution in [0.2, 0.25) is 0 Å². The third kappa shape index (κ3) is 2.74. The number of hydrogen-bond acceptors (Lipinski definition) is 3. The second-order valence-corrected chi connectivity index (χ2v) is 9.38. The zero-order valence-corrected chi connectivity index (χ0v) is 15.8. The fraction of sp³-hybridized carbons (Fsp3) is 0.619. The standard InChI is InChI=1S/C21H24F2N2O3/c1-19(28)7-13(8-19)24-17(26)10-25-11-20(9-16(20)22)15-6-12(21(23)4-5-21)2-3-14(15)18(25)27/h2-3,6,13,16,28H,4-5,7-11H2,1H3,(H,24,26)/t13-,16-,19-,20+/m1/s1. The van der Waals surface area contributed by atoms with E-state index in [9.17, 15) is 23.5 Å². The number of nitrogens with zero attached hydrogens (tertiary/aromatic N) is 1. The third-order valence-corrected chi connectivity index (χ3v) is 6.81. The molecule has 28 heavy (non-hydrogen) atoms. The van der Waals surface area contributed by atoms with Crippen molar-refractivity contribution in [2.24, 2.45) is 0 Å². The molecule has 0 bridgehead atoms. The lowest BCUT2D eigenvalue weighted by molar-refractivity contribution is -0.125. The molecule has 5 nitrogen and oxygen atoms in total. The number of rotatable bonds is 4. The van der Waals surface area contributed by atoms with Crippen LogP contribution in [-0.4, -0.2) is 52.7 Å². The smallest absolute Gasteiger partial charge is 0.254 e. The summed E-state index contributed by atoms with van der Waals surface area (Å²) >= 11 is 0. The highest BCUT2D eigenvalue weighted by Gasteiger charge is 2.61. The first-order valence-corrected chi connectivity index (χ1v) is 9.91. The molecule has 3 saturated carbocycles. The number of nitrogens with one attached hydrogen (secondary N) is 1. The molecular weight excluding hydrogens is 366 g/mol. The summed E-state index contributed by atoms with van der Waals surface area (Å²) in [7, 11) is 0. The molecule has 0 saturated heterocycles. The molecule has 2 amide bonds. The molecule has 7 heteroatoms. The van der Waals surface area contributed by atoms with Crippen molar-refractivity contribution < 1.29 is 23.5 Å². The van der Waals surface area contributed by atoms with Crippen LogP contribution in [0, 0.1) is 0 Å². The summed E-state index contributed by atoms with van der Waals surface area (Å²) in [5, 5.41) is 12.6. The van der Waals surface area contributed by atoms with Gasteiger partial charge in [-0.25, -0.2) is 8.78 Å². The highest BCUT2D eigenvalue weighted by atomic mass is 19.1. The van der Waals surface area contributed by atoms with E-state index in [0.717, 1.165) is 0 Å². The number of fused-ring (bicyclic) bond motifs is 2. The molecule has 150 valence electrons. The maximum absolute atomic E-state index is 14.5. The number of alkyl halides is 2. The van der Waals surface area contributed by atoms with E-state index in [1.807, 2.05) is 0 Å². The van der Waals surface area contributed by atoms with Crippen LogP contribution < -0.4 is 5.32 Å².